The van der Waals surface area contributed by atoms with Crippen LogP contribution in [0.25, 0.3) is 0 Å². The van der Waals surface area contributed by atoms with E-state index in [2.05, 4.69) is 27.9 Å². The van der Waals surface area contributed by atoms with Crippen LogP contribution in [0.3, 0.4) is 0 Å². The molecule has 1 amide bonds. The second kappa shape index (κ2) is 8.15. The molecule has 0 unspecified atom stereocenters. The quantitative estimate of drug-likeness (QED) is 0.839. The van der Waals surface area contributed by atoms with Gasteiger partial charge in [0.1, 0.15) is 5.82 Å². The fourth-order valence-electron chi connectivity index (χ4n) is 4.33. The number of nitrogens with zero attached hydrogens (tertiary/aromatic N) is 3. The Kier molecular flexibility index (Phi) is 5.46. The largest absolute Gasteiger partial charge is 0.364 e. The second-order valence-electron chi connectivity index (χ2n) is 7.89. The van der Waals surface area contributed by atoms with Crippen LogP contribution in [0.15, 0.2) is 36.7 Å². The van der Waals surface area contributed by atoms with Crippen molar-refractivity contribution in [3.8, 4) is 0 Å². The van der Waals surface area contributed by atoms with Crippen molar-refractivity contribution in [1.82, 2.24) is 14.9 Å². The number of H-pyrrole nitrogens is 1. The minimum absolute atomic E-state index is 0.202. The summed E-state index contributed by atoms with van der Waals surface area (Å²) in [6, 6.07) is 8.06. The number of piperidine rings is 1. The molecule has 144 valence electrons. The molecule has 2 fully saturated rings. The van der Waals surface area contributed by atoms with Crippen molar-refractivity contribution >= 4 is 11.7 Å². The predicted molar refractivity (Wildman–Crippen MR) is 108 cm³/mol. The topological polar surface area (TPSA) is 52.2 Å². The summed E-state index contributed by atoms with van der Waals surface area (Å²) in [4.78, 5) is 25.4. The van der Waals surface area contributed by atoms with Crippen molar-refractivity contribution in [2.45, 2.75) is 44.9 Å². The molecule has 0 atom stereocenters. The number of aromatic amines is 1. The molecule has 0 aromatic carbocycles. The molecule has 0 bridgehead atoms. The maximum Gasteiger partial charge on any atom is 0.255 e. The van der Waals surface area contributed by atoms with Crippen LogP contribution in [0.1, 0.15) is 61.0 Å². The summed E-state index contributed by atoms with van der Waals surface area (Å²) in [5, 5.41) is 0. The van der Waals surface area contributed by atoms with E-state index >= 15 is 0 Å². The number of amides is 1. The first-order valence-electron chi connectivity index (χ1n) is 10.4. The highest BCUT2D eigenvalue weighted by Crippen LogP contribution is 2.37. The fourth-order valence-corrected chi connectivity index (χ4v) is 4.33. The Hall–Kier alpha value is -2.30. The van der Waals surface area contributed by atoms with Crippen LogP contribution in [0.2, 0.25) is 0 Å². The minimum atomic E-state index is 0.202. The molecule has 5 heteroatoms. The Morgan fingerprint density at radius 3 is 2.67 bits per heavy atom. The zero-order valence-electron chi connectivity index (χ0n) is 16.2. The lowest BCUT2D eigenvalue weighted by Crippen LogP contribution is -2.41. The van der Waals surface area contributed by atoms with Crippen molar-refractivity contribution in [3.05, 3.63) is 47.9 Å². The zero-order chi connectivity index (χ0) is 18.6. The Morgan fingerprint density at radius 1 is 1.22 bits per heavy atom. The molecule has 5 nitrogen and oxygen atoms in total. The van der Waals surface area contributed by atoms with Gasteiger partial charge in [0.2, 0.25) is 0 Å². The van der Waals surface area contributed by atoms with Gasteiger partial charge in [-0.15, -0.1) is 0 Å². The van der Waals surface area contributed by atoms with Crippen molar-refractivity contribution in [1.29, 1.82) is 0 Å². The maximum absolute atomic E-state index is 13.1. The van der Waals surface area contributed by atoms with Gasteiger partial charge in [-0.1, -0.05) is 12.5 Å². The van der Waals surface area contributed by atoms with E-state index in [0.29, 0.717) is 11.8 Å². The molecule has 0 radical (unpaired) electrons. The van der Waals surface area contributed by atoms with Gasteiger partial charge in [-0.25, -0.2) is 4.98 Å². The van der Waals surface area contributed by atoms with E-state index < -0.39 is 0 Å². The van der Waals surface area contributed by atoms with Crippen LogP contribution in [-0.2, 0) is 0 Å². The number of anilines is 1. The van der Waals surface area contributed by atoms with E-state index in [4.69, 9.17) is 0 Å². The molecule has 1 aliphatic carbocycles. The van der Waals surface area contributed by atoms with Gasteiger partial charge in [0.25, 0.3) is 5.91 Å². The van der Waals surface area contributed by atoms with Gasteiger partial charge in [0, 0.05) is 44.3 Å². The van der Waals surface area contributed by atoms with E-state index in [0.717, 1.165) is 56.1 Å². The van der Waals surface area contributed by atoms with Crippen LogP contribution < -0.4 is 4.90 Å². The molecule has 2 aromatic heterocycles. The molecule has 27 heavy (non-hydrogen) atoms. The summed E-state index contributed by atoms with van der Waals surface area (Å²) >= 11 is 0. The SMILES string of the molecule is CCN(CC1CCN(c2ccccn2)CC1)C(=O)c1cc[nH]c1C1CCC1. The summed E-state index contributed by atoms with van der Waals surface area (Å²) < 4.78 is 0. The van der Waals surface area contributed by atoms with Crippen LogP contribution in [0, 0.1) is 5.92 Å². The van der Waals surface area contributed by atoms with E-state index in [1.54, 1.807) is 0 Å². The van der Waals surface area contributed by atoms with Gasteiger partial charge in [0.15, 0.2) is 0 Å². The van der Waals surface area contributed by atoms with Gasteiger partial charge in [0.05, 0.1) is 5.56 Å². The summed E-state index contributed by atoms with van der Waals surface area (Å²) in [5.74, 6) is 2.39. The molecular formula is C22H30N4O. The molecule has 4 rings (SSSR count). The third kappa shape index (κ3) is 3.87. The molecule has 1 N–H and O–H groups in total. The third-order valence-corrected chi connectivity index (χ3v) is 6.26. The number of carbonyl (C=O) groups excluding carboxylic acids is 1. The number of aromatic nitrogens is 2. The summed E-state index contributed by atoms with van der Waals surface area (Å²) in [6.07, 6.45) is 9.71. The molecular weight excluding hydrogens is 336 g/mol. The number of nitrogens with one attached hydrogen (secondary N) is 1. The Bertz CT molecular complexity index is 745. The second-order valence-corrected chi connectivity index (χ2v) is 7.89. The van der Waals surface area contributed by atoms with Crippen molar-refractivity contribution in [2.24, 2.45) is 5.92 Å². The number of carbonyl (C=O) groups is 1. The van der Waals surface area contributed by atoms with E-state index in [-0.39, 0.29) is 5.91 Å². The number of hydrogen-bond donors (Lipinski definition) is 1. The molecule has 3 heterocycles. The standard InChI is InChI=1S/C22H30N4O/c1-2-25(22(27)19-9-13-24-21(19)18-6-5-7-18)16-17-10-14-26(15-11-17)20-8-3-4-12-23-20/h3-4,8-9,12-13,17-18,24H,2,5-7,10-11,14-16H2,1H3. The van der Waals surface area contributed by atoms with E-state index in [1.807, 2.05) is 35.5 Å². The summed E-state index contributed by atoms with van der Waals surface area (Å²) in [7, 11) is 0. The summed E-state index contributed by atoms with van der Waals surface area (Å²) in [5.41, 5.74) is 2.06. The zero-order valence-corrected chi connectivity index (χ0v) is 16.2. The first kappa shape index (κ1) is 18.1. The van der Waals surface area contributed by atoms with Crippen molar-refractivity contribution in [2.75, 3.05) is 31.1 Å². The normalized spacial score (nSPS) is 18.3. The Morgan fingerprint density at radius 2 is 2.04 bits per heavy atom. The molecule has 1 saturated carbocycles. The van der Waals surface area contributed by atoms with E-state index in [1.165, 1.54) is 19.3 Å². The number of pyridine rings is 1. The molecule has 2 aliphatic rings. The maximum atomic E-state index is 13.1. The minimum Gasteiger partial charge on any atom is -0.364 e. The van der Waals surface area contributed by atoms with Crippen LogP contribution in [0.4, 0.5) is 5.82 Å². The fraction of sp³-hybridized carbons (Fsp3) is 0.545. The van der Waals surface area contributed by atoms with Gasteiger partial charge in [-0.2, -0.15) is 0 Å². The van der Waals surface area contributed by atoms with Crippen LogP contribution in [-0.4, -0.2) is 47.0 Å². The Labute approximate surface area is 161 Å². The monoisotopic (exact) mass is 366 g/mol. The highest BCUT2D eigenvalue weighted by Gasteiger charge is 2.29. The lowest BCUT2D eigenvalue weighted by Gasteiger charge is -2.35. The van der Waals surface area contributed by atoms with Gasteiger partial charge in [-0.3, -0.25) is 4.79 Å². The summed E-state index contributed by atoms with van der Waals surface area (Å²) in [6.45, 7) is 5.77. The smallest absolute Gasteiger partial charge is 0.255 e. The number of hydrogen-bond acceptors (Lipinski definition) is 3. The van der Waals surface area contributed by atoms with Crippen LogP contribution >= 0.6 is 0 Å². The van der Waals surface area contributed by atoms with Gasteiger partial charge >= 0.3 is 0 Å². The molecule has 1 saturated heterocycles. The highest BCUT2D eigenvalue weighted by atomic mass is 16.2. The molecule has 1 aliphatic heterocycles. The van der Waals surface area contributed by atoms with Gasteiger partial charge in [-0.05, 0) is 62.6 Å². The number of rotatable bonds is 6. The first-order valence-corrected chi connectivity index (χ1v) is 10.4. The Balaban J connectivity index is 1.35. The average Bonchev–Trinajstić information content (AvgIpc) is 3.14. The van der Waals surface area contributed by atoms with E-state index in [9.17, 15) is 4.79 Å². The predicted octanol–water partition coefficient (Wildman–Crippen LogP) is 4.06. The highest BCUT2D eigenvalue weighted by molar-refractivity contribution is 5.95. The van der Waals surface area contributed by atoms with Crippen molar-refractivity contribution < 1.29 is 4.79 Å². The molecule has 2 aromatic rings. The third-order valence-electron chi connectivity index (χ3n) is 6.26. The molecule has 0 spiro atoms. The first-order chi connectivity index (χ1) is 13.3. The van der Waals surface area contributed by atoms with Crippen LogP contribution in [0.5, 0.6) is 0 Å². The average molecular weight is 367 g/mol. The lowest BCUT2D eigenvalue weighted by molar-refractivity contribution is 0.0727. The van der Waals surface area contributed by atoms with Gasteiger partial charge < -0.3 is 14.8 Å². The lowest BCUT2D eigenvalue weighted by atomic mass is 9.81. The van der Waals surface area contributed by atoms with Crippen molar-refractivity contribution in [3.63, 3.8) is 0 Å².